The van der Waals surface area contributed by atoms with Crippen LogP contribution in [-0.4, -0.2) is 17.5 Å². The molecule has 4 nitrogen and oxygen atoms in total. The fraction of sp³-hybridized carbons (Fsp3) is 0.200. The van der Waals surface area contributed by atoms with Crippen molar-refractivity contribution in [2.45, 2.75) is 19.9 Å². The lowest BCUT2D eigenvalue weighted by atomic mass is 10.2. The van der Waals surface area contributed by atoms with Crippen LogP contribution in [-0.2, 0) is 6.54 Å². The molecule has 0 saturated carbocycles. The highest BCUT2D eigenvalue weighted by Gasteiger charge is 2.19. The Labute approximate surface area is 151 Å². The van der Waals surface area contributed by atoms with Gasteiger partial charge in [0.25, 0.3) is 5.91 Å². The molecule has 0 saturated heterocycles. The van der Waals surface area contributed by atoms with Crippen LogP contribution in [0.15, 0.2) is 66.2 Å². The van der Waals surface area contributed by atoms with Crippen molar-refractivity contribution in [3.63, 3.8) is 0 Å². The van der Waals surface area contributed by atoms with E-state index in [1.165, 1.54) is 0 Å². The predicted octanol–water partition coefficient (Wildman–Crippen LogP) is 4.78. The van der Waals surface area contributed by atoms with Gasteiger partial charge in [-0.1, -0.05) is 19.1 Å². The minimum Gasteiger partial charge on any atom is -0.494 e. The SMILES string of the molecule is CCCOc1ccc(C(=O)N(Cc2cccs2)c2ccccn2)cc1. The summed E-state index contributed by atoms with van der Waals surface area (Å²) in [6, 6.07) is 16.9. The fourth-order valence-corrected chi connectivity index (χ4v) is 3.09. The third-order valence-corrected chi connectivity index (χ3v) is 4.50. The zero-order valence-electron chi connectivity index (χ0n) is 14.1. The monoisotopic (exact) mass is 352 g/mol. The van der Waals surface area contributed by atoms with Crippen molar-refractivity contribution in [1.82, 2.24) is 4.98 Å². The molecule has 0 unspecified atom stereocenters. The van der Waals surface area contributed by atoms with Crippen LogP contribution in [0.5, 0.6) is 5.75 Å². The van der Waals surface area contributed by atoms with Crippen LogP contribution in [0.1, 0.15) is 28.6 Å². The summed E-state index contributed by atoms with van der Waals surface area (Å²) in [5, 5.41) is 2.01. The normalized spacial score (nSPS) is 10.4. The number of hydrogen-bond acceptors (Lipinski definition) is 4. The lowest BCUT2D eigenvalue weighted by Crippen LogP contribution is -2.30. The van der Waals surface area contributed by atoms with E-state index in [9.17, 15) is 4.79 Å². The van der Waals surface area contributed by atoms with Crippen LogP contribution < -0.4 is 9.64 Å². The fourth-order valence-electron chi connectivity index (χ4n) is 2.40. The summed E-state index contributed by atoms with van der Waals surface area (Å²) >= 11 is 1.63. The number of rotatable bonds is 7. The van der Waals surface area contributed by atoms with Gasteiger partial charge < -0.3 is 4.74 Å². The Morgan fingerprint density at radius 3 is 2.60 bits per heavy atom. The third kappa shape index (κ3) is 4.45. The first-order valence-electron chi connectivity index (χ1n) is 8.26. The van der Waals surface area contributed by atoms with Crippen LogP contribution in [0.25, 0.3) is 0 Å². The number of hydrogen-bond donors (Lipinski definition) is 0. The minimum absolute atomic E-state index is 0.0749. The van der Waals surface area contributed by atoms with Gasteiger partial charge in [-0.3, -0.25) is 9.69 Å². The largest absolute Gasteiger partial charge is 0.494 e. The molecule has 0 aliphatic carbocycles. The predicted molar refractivity (Wildman–Crippen MR) is 101 cm³/mol. The third-order valence-electron chi connectivity index (χ3n) is 3.64. The van der Waals surface area contributed by atoms with Crippen molar-refractivity contribution in [1.29, 1.82) is 0 Å². The summed E-state index contributed by atoms with van der Waals surface area (Å²) in [7, 11) is 0. The average molecular weight is 352 g/mol. The van der Waals surface area contributed by atoms with E-state index >= 15 is 0 Å². The van der Waals surface area contributed by atoms with Gasteiger partial charge in [0.15, 0.2) is 0 Å². The number of carbonyl (C=O) groups is 1. The zero-order chi connectivity index (χ0) is 17.5. The summed E-state index contributed by atoms with van der Waals surface area (Å²) in [6.07, 6.45) is 2.65. The van der Waals surface area contributed by atoms with Crippen molar-refractivity contribution in [2.75, 3.05) is 11.5 Å². The van der Waals surface area contributed by atoms with E-state index < -0.39 is 0 Å². The topological polar surface area (TPSA) is 42.4 Å². The first-order chi connectivity index (χ1) is 12.3. The van der Waals surface area contributed by atoms with E-state index in [1.807, 2.05) is 47.8 Å². The summed E-state index contributed by atoms with van der Waals surface area (Å²) < 4.78 is 5.58. The molecule has 0 fully saturated rings. The van der Waals surface area contributed by atoms with Gasteiger partial charge in [0.2, 0.25) is 0 Å². The Morgan fingerprint density at radius 1 is 1.12 bits per heavy atom. The van der Waals surface area contributed by atoms with Crippen LogP contribution in [0, 0.1) is 0 Å². The smallest absolute Gasteiger partial charge is 0.259 e. The van der Waals surface area contributed by atoms with Gasteiger partial charge in [-0.25, -0.2) is 4.98 Å². The minimum atomic E-state index is -0.0749. The molecule has 1 aromatic carbocycles. The van der Waals surface area contributed by atoms with Crippen LogP contribution >= 0.6 is 11.3 Å². The van der Waals surface area contributed by atoms with E-state index in [2.05, 4.69) is 11.9 Å². The Bertz CT molecular complexity index is 786. The highest BCUT2D eigenvalue weighted by Crippen LogP contribution is 2.21. The molecule has 25 heavy (non-hydrogen) atoms. The van der Waals surface area contributed by atoms with E-state index in [-0.39, 0.29) is 5.91 Å². The highest BCUT2D eigenvalue weighted by atomic mass is 32.1. The van der Waals surface area contributed by atoms with Crippen LogP contribution in [0.2, 0.25) is 0 Å². The van der Waals surface area contributed by atoms with Crippen LogP contribution in [0.4, 0.5) is 5.82 Å². The molecule has 5 heteroatoms. The summed E-state index contributed by atoms with van der Waals surface area (Å²) in [4.78, 5) is 20.2. The molecule has 3 rings (SSSR count). The number of amides is 1. The lowest BCUT2D eigenvalue weighted by Gasteiger charge is -2.21. The number of thiophene rings is 1. The molecule has 0 spiro atoms. The van der Waals surface area contributed by atoms with Crippen LogP contribution in [0.3, 0.4) is 0 Å². The molecule has 2 heterocycles. The Hall–Kier alpha value is -2.66. The second kappa shape index (κ2) is 8.44. The molecular weight excluding hydrogens is 332 g/mol. The van der Waals surface area contributed by atoms with E-state index in [0.29, 0.717) is 24.5 Å². The van der Waals surface area contributed by atoms with Gasteiger partial charge in [0.1, 0.15) is 11.6 Å². The zero-order valence-corrected chi connectivity index (χ0v) is 14.9. The Morgan fingerprint density at radius 2 is 1.96 bits per heavy atom. The summed E-state index contributed by atoms with van der Waals surface area (Å²) in [5.41, 5.74) is 0.617. The maximum atomic E-state index is 13.0. The maximum absolute atomic E-state index is 13.0. The Kier molecular flexibility index (Phi) is 5.80. The molecule has 128 valence electrons. The molecule has 0 aliphatic rings. The van der Waals surface area contributed by atoms with Crippen molar-refractivity contribution in [3.8, 4) is 5.75 Å². The summed E-state index contributed by atoms with van der Waals surface area (Å²) in [6.45, 7) is 3.24. The molecule has 0 atom stereocenters. The van der Waals surface area contributed by atoms with Crippen molar-refractivity contribution in [2.24, 2.45) is 0 Å². The molecule has 0 bridgehead atoms. The van der Waals surface area contributed by atoms with Gasteiger partial charge in [-0.2, -0.15) is 0 Å². The number of benzene rings is 1. The number of ether oxygens (including phenoxy) is 1. The summed E-state index contributed by atoms with van der Waals surface area (Å²) in [5.74, 6) is 1.35. The Balaban J connectivity index is 1.83. The first-order valence-corrected chi connectivity index (χ1v) is 9.14. The second-order valence-electron chi connectivity index (χ2n) is 5.53. The van der Waals surface area contributed by atoms with E-state index in [1.54, 1.807) is 34.6 Å². The second-order valence-corrected chi connectivity index (χ2v) is 6.56. The maximum Gasteiger partial charge on any atom is 0.259 e. The van der Waals surface area contributed by atoms with Gasteiger partial charge in [-0.15, -0.1) is 11.3 Å². The molecular formula is C20H20N2O2S. The number of nitrogens with zero attached hydrogens (tertiary/aromatic N) is 2. The number of aromatic nitrogens is 1. The van der Waals surface area contributed by atoms with Gasteiger partial charge in [-0.05, 0) is 54.3 Å². The molecule has 2 aromatic heterocycles. The van der Waals surface area contributed by atoms with Gasteiger partial charge in [0, 0.05) is 16.6 Å². The first kappa shape index (κ1) is 17.2. The average Bonchev–Trinajstić information content (AvgIpc) is 3.18. The van der Waals surface area contributed by atoms with E-state index in [4.69, 9.17) is 4.74 Å². The van der Waals surface area contributed by atoms with E-state index in [0.717, 1.165) is 17.0 Å². The van der Waals surface area contributed by atoms with Gasteiger partial charge >= 0.3 is 0 Å². The quantitative estimate of drug-likeness (QED) is 0.614. The standard InChI is InChI=1S/C20H20N2O2S/c1-2-13-24-17-10-8-16(9-11-17)20(23)22(15-18-6-5-14-25-18)19-7-3-4-12-21-19/h3-12,14H,2,13,15H2,1H3. The van der Waals surface area contributed by atoms with Crippen molar-refractivity contribution in [3.05, 3.63) is 76.6 Å². The number of carbonyl (C=O) groups excluding carboxylic acids is 1. The molecule has 3 aromatic rings. The van der Waals surface area contributed by atoms with Crippen molar-refractivity contribution < 1.29 is 9.53 Å². The van der Waals surface area contributed by atoms with Crippen molar-refractivity contribution >= 4 is 23.1 Å². The number of pyridine rings is 1. The molecule has 0 radical (unpaired) electrons. The highest BCUT2D eigenvalue weighted by molar-refractivity contribution is 7.09. The van der Waals surface area contributed by atoms with Gasteiger partial charge in [0.05, 0.1) is 13.2 Å². The molecule has 0 aliphatic heterocycles. The molecule has 1 amide bonds. The molecule has 0 N–H and O–H groups in total. The lowest BCUT2D eigenvalue weighted by molar-refractivity contribution is 0.0984. The number of anilines is 1.